The highest BCUT2D eigenvalue weighted by atomic mass is 15.1. The predicted molar refractivity (Wildman–Crippen MR) is 98.0 cm³/mol. The fraction of sp³-hybridized carbons (Fsp3) is 0.429. The lowest BCUT2D eigenvalue weighted by atomic mass is 9.98. The summed E-state index contributed by atoms with van der Waals surface area (Å²) < 4.78 is 0. The number of aryl methyl sites for hydroxylation is 1. The van der Waals surface area contributed by atoms with Crippen LogP contribution >= 0.6 is 0 Å². The zero-order valence-electron chi connectivity index (χ0n) is 14.3. The fourth-order valence-corrected chi connectivity index (χ4v) is 2.95. The minimum absolute atomic E-state index is 0.360. The average molecular weight is 295 g/mol. The molecular formula is C21H29N. The molecule has 0 amide bonds. The van der Waals surface area contributed by atoms with Gasteiger partial charge in [-0.25, -0.2) is 0 Å². The first kappa shape index (κ1) is 16.8. The highest BCUT2D eigenvalue weighted by molar-refractivity contribution is 5.67. The SMILES string of the molecule is C=C(c1ccc(C)cc1)C(C)N(CCC)CC1=CCCC=C1. The second kappa shape index (κ2) is 8.14. The van der Waals surface area contributed by atoms with Crippen molar-refractivity contribution in [2.75, 3.05) is 13.1 Å². The molecule has 0 saturated heterocycles. The van der Waals surface area contributed by atoms with Crippen molar-refractivity contribution in [1.29, 1.82) is 0 Å². The number of nitrogens with zero attached hydrogens (tertiary/aromatic N) is 1. The van der Waals surface area contributed by atoms with Crippen LogP contribution in [-0.2, 0) is 0 Å². The van der Waals surface area contributed by atoms with Crippen LogP contribution in [-0.4, -0.2) is 24.0 Å². The molecule has 0 spiro atoms. The molecule has 22 heavy (non-hydrogen) atoms. The molecule has 0 heterocycles. The second-order valence-corrected chi connectivity index (χ2v) is 6.30. The van der Waals surface area contributed by atoms with Crippen LogP contribution in [0.25, 0.3) is 5.57 Å². The van der Waals surface area contributed by atoms with Gasteiger partial charge in [0, 0.05) is 12.6 Å². The maximum atomic E-state index is 4.37. The van der Waals surface area contributed by atoms with Gasteiger partial charge in [-0.1, -0.05) is 61.6 Å². The van der Waals surface area contributed by atoms with Gasteiger partial charge in [-0.3, -0.25) is 4.90 Å². The van der Waals surface area contributed by atoms with E-state index >= 15 is 0 Å². The third-order valence-corrected chi connectivity index (χ3v) is 4.44. The summed E-state index contributed by atoms with van der Waals surface area (Å²) in [5.41, 5.74) is 5.22. The summed E-state index contributed by atoms with van der Waals surface area (Å²) in [6.45, 7) is 13.2. The average Bonchev–Trinajstić information content (AvgIpc) is 2.55. The monoisotopic (exact) mass is 295 g/mol. The molecule has 0 aromatic heterocycles. The number of hydrogen-bond donors (Lipinski definition) is 0. The van der Waals surface area contributed by atoms with E-state index in [1.54, 1.807) is 0 Å². The third kappa shape index (κ3) is 4.45. The molecule has 0 radical (unpaired) electrons. The lowest BCUT2D eigenvalue weighted by molar-refractivity contribution is 0.270. The van der Waals surface area contributed by atoms with Gasteiger partial charge in [-0.05, 0) is 56.4 Å². The Bertz CT molecular complexity index is 548. The zero-order chi connectivity index (χ0) is 15.9. The Kier molecular flexibility index (Phi) is 6.21. The first-order valence-electron chi connectivity index (χ1n) is 8.47. The quantitative estimate of drug-likeness (QED) is 0.652. The van der Waals surface area contributed by atoms with Crippen LogP contribution in [0, 0.1) is 6.92 Å². The first-order valence-corrected chi connectivity index (χ1v) is 8.47. The largest absolute Gasteiger partial charge is 0.292 e. The van der Waals surface area contributed by atoms with Crippen LogP contribution < -0.4 is 0 Å². The van der Waals surface area contributed by atoms with Crippen LogP contribution in [0.15, 0.2) is 54.6 Å². The van der Waals surface area contributed by atoms with E-state index in [-0.39, 0.29) is 0 Å². The Morgan fingerprint density at radius 1 is 1.23 bits per heavy atom. The molecule has 0 bridgehead atoms. The Labute approximate surface area is 136 Å². The number of rotatable bonds is 7. The fourth-order valence-electron chi connectivity index (χ4n) is 2.95. The van der Waals surface area contributed by atoms with E-state index < -0.39 is 0 Å². The van der Waals surface area contributed by atoms with Crippen LogP contribution in [0.2, 0.25) is 0 Å². The highest BCUT2D eigenvalue weighted by Gasteiger charge is 2.18. The smallest absolute Gasteiger partial charge is 0.0323 e. The topological polar surface area (TPSA) is 3.24 Å². The maximum Gasteiger partial charge on any atom is 0.0323 e. The Balaban J connectivity index is 2.09. The van der Waals surface area contributed by atoms with Gasteiger partial charge in [-0.15, -0.1) is 0 Å². The molecule has 1 nitrogen and oxygen atoms in total. The molecule has 1 unspecified atom stereocenters. The molecule has 2 rings (SSSR count). The number of allylic oxidation sites excluding steroid dienone is 2. The molecule has 1 heteroatoms. The van der Waals surface area contributed by atoms with Gasteiger partial charge in [0.05, 0.1) is 0 Å². The summed E-state index contributed by atoms with van der Waals surface area (Å²) in [7, 11) is 0. The van der Waals surface area contributed by atoms with E-state index in [1.807, 2.05) is 0 Å². The summed E-state index contributed by atoms with van der Waals surface area (Å²) in [6, 6.07) is 9.09. The maximum absolute atomic E-state index is 4.37. The zero-order valence-corrected chi connectivity index (χ0v) is 14.3. The van der Waals surface area contributed by atoms with Crippen LogP contribution in [0.4, 0.5) is 0 Å². The molecule has 1 aromatic rings. The molecule has 118 valence electrons. The molecule has 1 aliphatic carbocycles. The molecule has 1 aliphatic rings. The lowest BCUT2D eigenvalue weighted by Gasteiger charge is -2.31. The number of benzene rings is 1. The van der Waals surface area contributed by atoms with E-state index in [4.69, 9.17) is 0 Å². The summed E-state index contributed by atoms with van der Waals surface area (Å²) in [5, 5.41) is 0. The molecule has 0 aliphatic heterocycles. The first-order chi connectivity index (χ1) is 10.6. The van der Waals surface area contributed by atoms with Crippen molar-refractivity contribution < 1.29 is 0 Å². The van der Waals surface area contributed by atoms with Crippen molar-refractivity contribution in [3.8, 4) is 0 Å². The lowest BCUT2D eigenvalue weighted by Crippen LogP contribution is -2.36. The van der Waals surface area contributed by atoms with Crippen molar-refractivity contribution >= 4 is 5.57 Å². The van der Waals surface area contributed by atoms with Crippen molar-refractivity contribution in [2.45, 2.75) is 46.1 Å². The third-order valence-electron chi connectivity index (χ3n) is 4.44. The van der Waals surface area contributed by atoms with Gasteiger partial charge in [0.1, 0.15) is 0 Å². The summed E-state index contributed by atoms with van der Waals surface area (Å²) in [5.74, 6) is 0. The Morgan fingerprint density at radius 3 is 2.55 bits per heavy atom. The molecular weight excluding hydrogens is 266 g/mol. The van der Waals surface area contributed by atoms with E-state index in [2.05, 4.69) is 74.7 Å². The minimum Gasteiger partial charge on any atom is -0.292 e. The molecule has 0 fully saturated rings. The van der Waals surface area contributed by atoms with Crippen LogP contribution in [0.5, 0.6) is 0 Å². The normalized spacial score (nSPS) is 15.7. The molecule has 0 saturated carbocycles. The van der Waals surface area contributed by atoms with Crippen molar-refractivity contribution in [3.63, 3.8) is 0 Å². The predicted octanol–water partition coefficient (Wildman–Crippen LogP) is 5.39. The van der Waals surface area contributed by atoms with Crippen LogP contribution in [0.3, 0.4) is 0 Å². The second-order valence-electron chi connectivity index (χ2n) is 6.30. The van der Waals surface area contributed by atoms with Gasteiger partial charge in [-0.2, -0.15) is 0 Å². The summed E-state index contributed by atoms with van der Waals surface area (Å²) in [6.07, 6.45) is 10.5. The molecule has 1 atom stereocenters. The van der Waals surface area contributed by atoms with E-state index in [9.17, 15) is 0 Å². The number of hydrogen-bond acceptors (Lipinski definition) is 1. The minimum atomic E-state index is 0.360. The van der Waals surface area contributed by atoms with Gasteiger partial charge < -0.3 is 0 Å². The Hall–Kier alpha value is -1.60. The Morgan fingerprint density at radius 2 is 1.95 bits per heavy atom. The highest BCUT2D eigenvalue weighted by Crippen LogP contribution is 2.23. The van der Waals surface area contributed by atoms with Crippen LogP contribution in [0.1, 0.15) is 44.2 Å². The summed E-state index contributed by atoms with van der Waals surface area (Å²) in [4.78, 5) is 2.55. The van der Waals surface area contributed by atoms with Gasteiger partial charge >= 0.3 is 0 Å². The standard InChI is InChI=1S/C21H29N/c1-5-15-22(16-20-9-7-6-8-10-20)19(4)18(3)21-13-11-17(2)12-14-21/h7,9-14,19H,3,5-6,8,15-16H2,1-2,4H3. The van der Waals surface area contributed by atoms with Gasteiger partial charge in [0.15, 0.2) is 0 Å². The van der Waals surface area contributed by atoms with E-state index in [1.165, 1.54) is 41.5 Å². The van der Waals surface area contributed by atoms with Crippen molar-refractivity contribution in [3.05, 3.63) is 65.8 Å². The van der Waals surface area contributed by atoms with Crippen molar-refractivity contribution in [2.24, 2.45) is 0 Å². The molecule has 0 N–H and O–H groups in total. The van der Waals surface area contributed by atoms with Gasteiger partial charge in [0.25, 0.3) is 0 Å². The van der Waals surface area contributed by atoms with Crippen molar-refractivity contribution in [1.82, 2.24) is 4.90 Å². The summed E-state index contributed by atoms with van der Waals surface area (Å²) >= 11 is 0. The molecule has 1 aromatic carbocycles. The van der Waals surface area contributed by atoms with E-state index in [0.717, 1.165) is 13.1 Å². The van der Waals surface area contributed by atoms with Gasteiger partial charge in [0.2, 0.25) is 0 Å². The van der Waals surface area contributed by atoms with E-state index in [0.29, 0.717) is 6.04 Å².